The lowest BCUT2D eigenvalue weighted by Crippen LogP contribution is -2.41. The zero-order valence-electron chi connectivity index (χ0n) is 12.1. The zero-order valence-corrected chi connectivity index (χ0v) is 12.1. The molecule has 2 unspecified atom stereocenters. The van der Waals surface area contributed by atoms with Gasteiger partial charge in [0, 0.05) is 13.1 Å². The molecule has 0 radical (unpaired) electrons. The highest BCUT2D eigenvalue weighted by Gasteiger charge is 2.66. The van der Waals surface area contributed by atoms with Crippen LogP contribution in [0.1, 0.15) is 27.7 Å². The summed E-state index contributed by atoms with van der Waals surface area (Å²) in [5.74, 6) is -2.67. The highest BCUT2D eigenvalue weighted by molar-refractivity contribution is 5.93. The van der Waals surface area contributed by atoms with Crippen LogP contribution < -0.4 is 5.32 Å². The number of carbonyl (C=O) groups is 3. The van der Waals surface area contributed by atoms with Crippen LogP contribution in [0.5, 0.6) is 0 Å². The Balaban J connectivity index is 2.60. The summed E-state index contributed by atoms with van der Waals surface area (Å²) < 4.78 is 0. The van der Waals surface area contributed by atoms with Crippen molar-refractivity contribution >= 4 is 17.8 Å². The largest absolute Gasteiger partial charge is 0.481 e. The maximum absolute atomic E-state index is 12.1. The summed E-state index contributed by atoms with van der Waals surface area (Å²) in [6.07, 6.45) is 0. The van der Waals surface area contributed by atoms with Gasteiger partial charge >= 0.3 is 5.97 Å². The number of carboxylic acids is 1. The predicted octanol–water partition coefficient (Wildman–Crippen LogP) is 0.326. The van der Waals surface area contributed by atoms with Crippen molar-refractivity contribution in [3.8, 4) is 0 Å². The fourth-order valence-electron chi connectivity index (χ4n) is 2.46. The quantitative estimate of drug-likeness (QED) is 0.753. The first kappa shape index (κ1) is 15.5. The monoisotopic (exact) mass is 270 g/mol. The van der Waals surface area contributed by atoms with Crippen LogP contribution in [0.4, 0.5) is 0 Å². The normalized spacial score (nSPS) is 23.9. The third-order valence-electron chi connectivity index (χ3n) is 3.57. The van der Waals surface area contributed by atoms with Gasteiger partial charge in [-0.3, -0.25) is 14.4 Å². The minimum absolute atomic E-state index is 0.0140. The van der Waals surface area contributed by atoms with Gasteiger partial charge in [0.15, 0.2) is 0 Å². The molecule has 0 saturated heterocycles. The average Bonchev–Trinajstić information content (AvgIpc) is 2.78. The molecule has 0 aromatic carbocycles. The number of amides is 2. The standard InChI is InChI=1S/C13H22N2O4/c1-7(2)14-8(16)6-15(5)11(17)9-10(12(18)19)13(9,3)4/h7,9-10H,6H2,1-5H3,(H,14,16)(H,18,19). The third-order valence-corrected chi connectivity index (χ3v) is 3.57. The maximum atomic E-state index is 12.1. The Morgan fingerprint density at radius 3 is 2.16 bits per heavy atom. The summed E-state index contributed by atoms with van der Waals surface area (Å²) in [5, 5.41) is 11.7. The average molecular weight is 270 g/mol. The lowest BCUT2D eigenvalue weighted by atomic mass is 10.1. The minimum atomic E-state index is -0.955. The van der Waals surface area contributed by atoms with Crippen molar-refractivity contribution in [1.82, 2.24) is 10.2 Å². The van der Waals surface area contributed by atoms with Gasteiger partial charge in [0.05, 0.1) is 18.4 Å². The Kier molecular flexibility index (Phi) is 4.22. The SMILES string of the molecule is CC(C)NC(=O)CN(C)C(=O)C1C(C(=O)O)C1(C)C. The van der Waals surface area contributed by atoms with E-state index in [0.29, 0.717) is 0 Å². The van der Waals surface area contributed by atoms with Gasteiger partial charge in [0.25, 0.3) is 0 Å². The fraction of sp³-hybridized carbons (Fsp3) is 0.769. The Labute approximate surface area is 113 Å². The Morgan fingerprint density at radius 1 is 1.26 bits per heavy atom. The predicted molar refractivity (Wildman–Crippen MR) is 69.3 cm³/mol. The lowest BCUT2D eigenvalue weighted by Gasteiger charge is -2.18. The van der Waals surface area contributed by atoms with E-state index in [4.69, 9.17) is 5.11 Å². The second-order valence-electron chi connectivity index (χ2n) is 6.03. The van der Waals surface area contributed by atoms with E-state index in [2.05, 4.69) is 5.32 Å². The van der Waals surface area contributed by atoms with Crippen LogP contribution in [0, 0.1) is 17.3 Å². The topological polar surface area (TPSA) is 86.7 Å². The summed E-state index contributed by atoms with van der Waals surface area (Å²) in [7, 11) is 1.52. The van der Waals surface area contributed by atoms with Crippen molar-refractivity contribution in [3.63, 3.8) is 0 Å². The number of nitrogens with zero attached hydrogens (tertiary/aromatic N) is 1. The van der Waals surface area contributed by atoms with Crippen molar-refractivity contribution in [2.24, 2.45) is 17.3 Å². The molecule has 1 rings (SSSR count). The first-order valence-corrected chi connectivity index (χ1v) is 6.36. The summed E-state index contributed by atoms with van der Waals surface area (Å²) in [4.78, 5) is 36.0. The summed E-state index contributed by atoms with van der Waals surface area (Å²) in [5.41, 5.74) is -0.536. The smallest absolute Gasteiger partial charge is 0.307 e. The van der Waals surface area contributed by atoms with E-state index in [-0.39, 0.29) is 24.4 Å². The molecule has 1 saturated carbocycles. The number of hydrogen-bond acceptors (Lipinski definition) is 3. The van der Waals surface area contributed by atoms with Crippen LogP contribution in [0.3, 0.4) is 0 Å². The first-order chi connectivity index (χ1) is 8.59. The molecule has 0 heterocycles. The molecule has 2 N–H and O–H groups in total. The van der Waals surface area contributed by atoms with Crippen LogP contribution in [0.25, 0.3) is 0 Å². The Bertz CT molecular complexity index is 403. The van der Waals surface area contributed by atoms with E-state index >= 15 is 0 Å². The van der Waals surface area contributed by atoms with E-state index in [1.165, 1.54) is 11.9 Å². The molecule has 1 aliphatic rings. The van der Waals surface area contributed by atoms with E-state index in [0.717, 1.165) is 0 Å². The van der Waals surface area contributed by atoms with Gasteiger partial charge in [-0.05, 0) is 19.3 Å². The molecule has 1 aliphatic carbocycles. The molecule has 6 heteroatoms. The highest BCUT2D eigenvalue weighted by atomic mass is 16.4. The van der Waals surface area contributed by atoms with Crippen molar-refractivity contribution in [2.45, 2.75) is 33.7 Å². The number of carbonyl (C=O) groups excluding carboxylic acids is 2. The van der Waals surface area contributed by atoms with Gasteiger partial charge in [-0.1, -0.05) is 13.8 Å². The van der Waals surface area contributed by atoms with Crippen LogP contribution in [0.15, 0.2) is 0 Å². The number of hydrogen-bond donors (Lipinski definition) is 2. The molecular formula is C13H22N2O4. The van der Waals surface area contributed by atoms with Crippen LogP contribution >= 0.6 is 0 Å². The van der Waals surface area contributed by atoms with E-state index in [1.54, 1.807) is 13.8 Å². The van der Waals surface area contributed by atoms with Crippen LogP contribution in [-0.2, 0) is 14.4 Å². The molecule has 6 nitrogen and oxygen atoms in total. The number of likely N-dealkylation sites (N-methyl/N-ethyl adjacent to an activating group) is 1. The van der Waals surface area contributed by atoms with Gasteiger partial charge in [-0.15, -0.1) is 0 Å². The van der Waals surface area contributed by atoms with Crippen LogP contribution in [0.2, 0.25) is 0 Å². The Morgan fingerprint density at radius 2 is 1.79 bits per heavy atom. The van der Waals surface area contributed by atoms with E-state index < -0.39 is 23.2 Å². The molecule has 0 bridgehead atoms. The minimum Gasteiger partial charge on any atom is -0.481 e. The van der Waals surface area contributed by atoms with Gasteiger partial charge in [0.1, 0.15) is 0 Å². The molecular weight excluding hydrogens is 248 g/mol. The maximum Gasteiger partial charge on any atom is 0.307 e. The van der Waals surface area contributed by atoms with Gasteiger partial charge in [-0.2, -0.15) is 0 Å². The second kappa shape index (κ2) is 5.19. The highest BCUT2D eigenvalue weighted by Crippen LogP contribution is 2.58. The number of rotatable bonds is 5. The molecule has 19 heavy (non-hydrogen) atoms. The number of nitrogens with one attached hydrogen (secondary N) is 1. The van der Waals surface area contributed by atoms with Gasteiger partial charge < -0.3 is 15.3 Å². The van der Waals surface area contributed by atoms with Crippen molar-refractivity contribution in [2.75, 3.05) is 13.6 Å². The molecule has 0 aromatic heterocycles. The lowest BCUT2D eigenvalue weighted by molar-refractivity contribution is -0.142. The summed E-state index contributed by atoms with van der Waals surface area (Å²) >= 11 is 0. The molecule has 108 valence electrons. The first-order valence-electron chi connectivity index (χ1n) is 6.36. The zero-order chi connectivity index (χ0) is 15.0. The van der Waals surface area contributed by atoms with Gasteiger partial charge in [0.2, 0.25) is 11.8 Å². The summed E-state index contributed by atoms with van der Waals surface area (Å²) in [6, 6.07) is 0.0140. The Hall–Kier alpha value is -1.59. The van der Waals surface area contributed by atoms with Crippen molar-refractivity contribution in [1.29, 1.82) is 0 Å². The molecule has 0 aromatic rings. The number of carboxylic acid groups (broad SMARTS) is 1. The van der Waals surface area contributed by atoms with Crippen LogP contribution in [-0.4, -0.2) is 47.4 Å². The van der Waals surface area contributed by atoms with E-state index in [9.17, 15) is 14.4 Å². The van der Waals surface area contributed by atoms with Gasteiger partial charge in [-0.25, -0.2) is 0 Å². The number of aliphatic carboxylic acids is 1. The van der Waals surface area contributed by atoms with E-state index in [1.807, 2.05) is 13.8 Å². The third kappa shape index (κ3) is 3.24. The molecule has 0 spiro atoms. The molecule has 1 fully saturated rings. The fourth-order valence-corrected chi connectivity index (χ4v) is 2.46. The van der Waals surface area contributed by atoms with Crippen molar-refractivity contribution in [3.05, 3.63) is 0 Å². The molecule has 0 aliphatic heterocycles. The molecule has 2 amide bonds. The summed E-state index contributed by atoms with van der Waals surface area (Å²) in [6.45, 7) is 7.15. The second-order valence-corrected chi connectivity index (χ2v) is 6.03. The molecule has 2 atom stereocenters. The van der Waals surface area contributed by atoms with Crippen molar-refractivity contribution < 1.29 is 19.5 Å².